The van der Waals surface area contributed by atoms with Crippen molar-refractivity contribution in [1.29, 1.82) is 0 Å². The van der Waals surface area contributed by atoms with Gasteiger partial charge in [0.1, 0.15) is 12.2 Å². The molecule has 0 saturated carbocycles. The highest BCUT2D eigenvalue weighted by atomic mass is 28.4. The van der Waals surface area contributed by atoms with Gasteiger partial charge in [-0.2, -0.15) is 0 Å². The fourth-order valence-electron chi connectivity index (χ4n) is 2.86. The van der Waals surface area contributed by atoms with Crippen LogP contribution in [0.5, 0.6) is 0 Å². The van der Waals surface area contributed by atoms with Crippen LogP contribution in [0.25, 0.3) is 0 Å². The monoisotopic (exact) mass is 448 g/mol. The zero-order valence-electron chi connectivity index (χ0n) is 21.1. The Morgan fingerprint density at radius 3 is 1.87 bits per heavy atom. The minimum atomic E-state index is -1.93. The van der Waals surface area contributed by atoms with Crippen LogP contribution in [0, 0.1) is 6.92 Å². The maximum absolute atomic E-state index is 6.77. The summed E-state index contributed by atoms with van der Waals surface area (Å²) >= 11 is 0. The molecule has 0 fully saturated rings. The van der Waals surface area contributed by atoms with Crippen molar-refractivity contribution >= 4 is 16.6 Å². The van der Waals surface area contributed by atoms with Crippen LogP contribution < -0.4 is 0 Å². The summed E-state index contributed by atoms with van der Waals surface area (Å²) in [4.78, 5) is 0. The van der Waals surface area contributed by atoms with Gasteiger partial charge in [0.05, 0.1) is 12.7 Å². The van der Waals surface area contributed by atoms with Crippen molar-refractivity contribution in [2.75, 3.05) is 6.61 Å². The number of aryl methyl sites for hydroxylation is 1. The summed E-state index contributed by atoms with van der Waals surface area (Å²) in [7, 11) is -3.80. The molecule has 0 radical (unpaired) electrons. The molecule has 170 valence electrons. The van der Waals surface area contributed by atoms with Crippen LogP contribution in [0.2, 0.25) is 36.3 Å². The Bertz CT molecular complexity index is 724. The van der Waals surface area contributed by atoms with E-state index >= 15 is 0 Å². The third kappa shape index (κ3) is 6.16. The fraction of sp³-hybridized carbons (Fsp3) is 0.680. The lowest BCUT2D eigenvalue weighted by atomic mass is 10.0. The summed E-state index contributed by atoms with van der Waals surface area (Å²) in [6.07, 6.45) is 4.14. The van der Waals surface area contributed by atoms with Gasteiger partial charge in [0.25, 0.3) is 0 Å². The van der Waals surface area contributed by atoms with Crippen LogP contribution in [0.3, 0.4) is 0 Å². The summed E-state index contributed by atoms with van der Waals surface area (Å²) in [5.74, 6) is 0. The number of benzene rings is 1. The molecule has 3 atom stereocenters. The molecule has 0 N–H and O–H groups in total. The SMILES string of the molecule is Cc1ccc([C@H]2C=C[C@H](O[Si](C)(C)C(C)(C)C)[C@@H](CO[Si](C)(C)C(C)(C)C)O2)cc1. The molecule has 0 aromatic heterocycles. The van der Waals surface area contributed by atoms with E-state index in [1.54, 1.807) is 0 Å². The molecule has 1 aromatic carbocycles. The molecule has 1 heterocycles. The van der Waals surface area contributed by atoms with Gasteiger partial charge in [-0.05, 0) is 48.8 Å². The number of hydrogen-bond acceptors (Lipinski definition) is 3. The van der Waals surface area contributed by atoms with Gasteiger partial charge in [0.2, 0.25) is 0 Å². The van der Waals surface area contributed by atoms with Crippen molar-refractivity contribution in [1.82, 2.24) is 0 Å². The van der Waals surface area contributed by atoms with E-state index in [9.17, 15) is 0 Å². The first kappa shape index (κ1) is 25.5. The number of hydrogen-bond donors (Lipinski definition) is 0. The Morgan fingerprint density at radius 1 is 0.833 bits per heavy atom. The highest BCUT2D eigenvalue weighted by molar-refractivity contribution is 6.74. The van der Waals surface area contributed by atoms with Crippen molar-refractivity contribution in [2.45, 2.75) is 103 Å². The van der Waals surface area contributed by atoms with Crippen LogP contribution in [0.1, 0.15) is 58.8 Å². The largest absolute Gasteiger partial charge is 0.414 e. The topological polar surface area (TPSA) is 27.7 Å². The van der Waals surface area contributed by atoms with Gasteiger partial charge < -0.3 is 13.6 Å². The van der Waals surface area contributed by atoms with E-state index in [0.29, 0.717) is 6.61 Å². The average molecular weight is 449 g/mol. The number of rotatable bonds is 6. The molecule has 1 aliphatic heterocycles. The van der Waals surface area contributed by atoms with Crippen LogP contribution >= 0.6 is 0 Å². The average Bonchev–Trinajstić information content (AvgIpc) is 2.59. The Kier molecular flexibility index (Phi) is 7.68. The molecule has 3 nitrogen and oxygen atoms in total. The smallest absolute Gasteiger partial charge is 0.193 e. The van der Waals surface area contributed by atoms with Crippen LogP contribution in [0.15, 0.2) is 36.4 Å². The highest BCUT2D eigenvalue weighted by Gasteiger charge is 2.43. The molecule has 2 rings (SSSR count). The molecule has 5 heteroatoms. The zero-order valence-corrected chi connectivity index (χ0v) is 23.1. The maximum Gasteiger partial charge on any atom is 0.193 e. The van der Waals surface area contributed by atoms with Crippen molar-refractivity contribution in [3.63, 3.8) is 0 Å². The van der Waals surface area contributed by atoms with Crippen LogP contribution in [-0.2, 0) is 13.6 Å². The lowest BCUT2D eigenvalue weighted by Crippen LogP contribution is -2.51. The number of ether oxygens (including phenoxy) is 1. The van der Waals surface area contributed by atoms with Gasteiger partial charge in [-0.3, -0.25) is 0 Å². The molecule has 0 bridgehead atoms. The van der Waals surface area contributed by atoms with E-state index in [2.05, 4.69) is 111 Å². The molecule has 1 aromatic rings. The Labute approximate surface area is 187 Å². The molecule has 0 aliphatic carbocycles. The van der Waals surface area contributed by atoms with Crippen LogP contribution in [0.4, 0.5) is 0 Å². The predicted molar refractivity (Wildman–Crippen MR) is 133 cm³/mol. The lowest BCUT2D eigenvalue weighted by molar-refractivity contribution is -0.0739. The first-order chi connectivity index (χ1) is 13.5. The second-order valence-corrected chi connectivity index (χ2v) is 21.4. The van der Waals surface area contributed by atoms with Crippen molar-refractivity contribution < 1.29 is 13.6 Å². The molecule has 0 amide bonds. The maximum atomic E-state index is 6.77. The molecule has 1 aliphatic rings. The standard InChI is InChI=1S/C25H44O3Si2/c1-19-12-14-20(15-13-19)21-16-17-22(28-30(10,11)25(5,6)7)23(27-21)18-26-29(8,9)24(2,3)4/h12-17,21-23H,18H2,1-11H3/t21-,22+,23-/m1/s1. The summed E-state index contributed by atoms with van der Waals surface area (Å²) in [5.41, 5.74) is 2.44. The molecule has 0 saturated heterocycles. The predicted octanol–water partition coefficient (Wildman–Crippen LogP) is 7.40. The second-order valence-electron chi connectivity index (χ2n) is 11.8. The summed E-state index contributed by atoms with van der Waals surface area (Å²) < 4.78 is 20.0. The van der Waals surface area contributed by atoms with Crippen molar-refractivity contribution in [3.05, 3.63) is 47.5 Å². The summed E-state index contributed by atoms with van der Waals surface area (Å²) in [6.45, 7) is 25.6. The van der Waals surface area contributed by atoms with Gasteiger partial charge in [0, 0.05) is 0 Å². The molecular formula is C25H44O3Si2. The Hall–Kier alpha value is -0.726. The molecule has 0 spiro atoms. The molecule has 30 heavy (non-hydrogen) atoms. The normalized spacial score (nSPS) is 23.6. The lowest BCUT2D eigenvalue weighted by Gasteiger charge is -2.43. The summed E-state index contributed by atoms with van der Waals surface area (Å²) in [6, 6.07) is 8.61. The molecule has 0 unspecified atom stereocenters. The quantitative estimate of drug-likeness (QED) is 0.335. The fourth-order valence-corrected chi connectivity index (χ4v) is 5.14. The van der Waals surface area contributed by atoms with E-state index in [0.717, 1.165) is 0 Å². The highest BCUT2D eigenvalue weighted by Crippen LogP contribution is 2.40. The minimum Gasteiger partial charge on any atom is -0.414 e. The van der Waals surface area contributed by atoms with Gasteiger partial charge in [-0.1, -0.05) is 83.5 Å². The molecular weight excluding hydrogens is 404 g/mol. The van der Waals surface area contributed by atoms with Gasteiger partial charge in [-0.15, -0.1) is 0 Å². The van der Waals surface area contributed by atoms with E-state index in [1.807, 2.05) is 0 Å². The first-order valence-electron chi connectivity index (χ1n) is 11.3. The summed E-state index contributed by atoms with van der Waals surface area (Å²) in [5, 5.41) is 0.323. The Balaban J connectivity index is 2.26. The van der Waals surface area contributed by atoms with E-state index in [-0.39, 0.29) is 28.4 Å². The first-order valence-corrected chi connectivity index (χ1v) is 17.1. The van der Waals surface area contributed by atoms with Gasteiger partial charge in [-0.25, -0.2) is 0 Å². The Morgan fingerprint density at radius 2 is 1.37 bits per heavy atom. The van der Waals surface area contributed by atoms with E-state index in [1.165, 1.54) is 11.1 Å². The van der Waals surface area contributed by atoms with Crippen molar-refractivity contribution in [2.24, 2.45) is 0 Å². The second kappa shape index (κ2) is 9.03. The van der Waals surface area contributed by atoms with Gasteiger partial charge >= 0.3 is 0 Å². The van der Waals surface area contributed by atoms with E-state index in [4.69, 9.17) is 13.6 Å². The minimum absolute atomic E-state index is 0.0575. The van der Waals surface area contributed by atoms with E-state index < -0.39 is 16.6 Å². The zero-order chi connectivity index (χ0) is 23.0. The third-order valence-electron chi connectivity index (χ3n) is 7.22. The third-order valence-corrected chi connectivity index (χ3v) is 16.2. The van der Waals surface area contributed by atoms with Crippen molar-refractivity contribution in [3.8, 4) is 0 Å². The van der Waals surface area contributed by atoms with Crippen LogP contribution in [-0.4, -0.2) is 35.4 Å². The van der Waals surface area contributed by atoms with Gasteiger partial charge in [0.15, 0.2) is 16.6 Å².